The van der Waals surface area contributed by atoms with Crippen LogP contribution in [0.25, 0.3) is 0 Å². The summed E-state index contributed by atoms with van der Waals surface area (Å²) >= 11 is 0. The smallest absolute Gasteiger partial charge is 0.327 e. The number of hydrogen-bond acceptors (Lipinski definition) is 7. The van der Waals surface area contributed by atoms with E-state index in [0.29, 0.717) is 10.6 Å². The Hall–Kier alpha value is -4.66. The molecule has 1 atom stereocenters. The minimum absolute atomic E-state index is 0.00404. The van der Waals surface area contributed by atoms with Crippen molar-refractivity contribution in [3.63, 3.8) is 0 Å². The standard InChI is InChI=1S/C24H15N3O6/c28-20-15-9-4-5-10-16(15)21(29)26(20)18(13-14-7-2-1-3-8-14)24(32)33-27-22(30)17-11-6-12-25-19(17)23(27)31/h1-12,18H,13H2. The molecule has 0 aliphatic carbocycles. The molecule has 4 amide bonds. The molecule has 1 aromatic heterocycles. The molecule has 0 fully saturated rings. The van der Waals surface area contributed by atoms with Crippen molar-refractivity contribution in [2.24, 2.45) is 0 Å². The Morgan fingerprint density at radius 2 is 1.36 bits per heavy atom. The number of imide groups is 2. The molecule has 0 saturated heterocycles. The topological polar surface area (TPSA) is 114 Å². The van der Waals surface area contributed by atoms with Crippen molar-refractivity contribution in [1.82, 2.24) is 14.9 Å². The van der Waals surface area contributed by atoms with Crippen molar-refractivity contribution in [2.45, 2.75) is 12.5 Å². The molecule has 3 heterocycles. The molecule has 9 heteroatoms. The highest BCUT2D eigenvalue weighted by Crippen LogP contribution is 2.28. The summed E-state index contributed by atoms with van der Waals surface area (Å²) in [4.78, 5) is 74.3. The first-order chi connectivity index (χ1) is 16.0. The summed E-state index contributed by atoms with van der Waals surface area (Å²) in [6.07, 6.45) is 1.28. The fraction of sp³-hybridized carbons (Fsp3) is 0.0833. The first kappa shape index (κ1) is 20.3. The number of amides is 4. The molecular weight excluding hydrogens is 426 g/mol. The fourth-order valence-corrected chi connectivity index (χ4v) is 3.89. The van der Waals surface area contributed by atoms with Crippen LogP contribution in [0.2, 0.25) is 0 Å². The van der Waals surface area contributed by atoms with E-state index in [1.54, 1.807) is 42.5 Å². The van der Waals surface area contributed by atoms with Gasteiger partial charge in [0, 0.05) is 12.6 Å². The van der Waals surface area contributed by atoms with Gasteiger partial charge in [-0.1, -0.05) is 47.5 Å². The van der Waals surface area contributed by atoms with Crippen LogP contribution in [0.5, 0.6) is 0 Å². The Kier molecular flexibility index (Phi) is 4.78. The Bertz CT molecular complexity index is 1270. The zero-order valence-corrected chi connectivity index (χ0v) is 17.0. The third kappa shape index (κ3) is 3.26. The zero-order valence-electron chi connectivity index (χ0n) is 17.0. The summed E-state index contributed by atoms with van der Waals surface area (Å²) in [6, 6.07) is 16.4. The van der Waals surface area contributed by atoms with Gasteiger partial charge in [0.25, 0.3) is 17.7 Å². The first-order valence-electron chi connectivity index (χ1n) is 10.0. The lowest BCUT2D eigenvalue weighted by molar-refractivity contribution is -0.173. The maximum absolute atomic E-state index is 13.2. The van der Waals surface area contributed by atoms with Gasteiger partial charge in [0.15, 0.2) is 0 Å². The van der Waals surface area contributed by atoms with Crippen molar-refractivity contribution in [3.8, 4) is 0 Å². The van der Waals surface area contributed by atoms with E-state index >= 15 is 0 Å². The van der Waals surface area contributed by atoms with Crippen molar-refractivity contribution < 1.29 is 28.8 Å². The van der Waals surface area contributed by atoms with Crippen molar-refractivity contribution in [1.29, 1.82) is 0 Å². The van der Waals surface area contributed by atoms with E-state index in [1.807, 2.05) is 0 Å². The van der Waals surface area contributed by atoms with Crippen molar-refractivity contribution >= 4 is 29.6 Å². The van der Waals surface area contributed by atoms with Gasteiger partial charge in [0.1, 0.15) is 11.7 Å². The van der Waals surface area contributed by atoms with Gasteiger partial charge in [-0.15, -0.1) is 0 Å². The first-order valence-corrected chi connectivity index (χ1v) is 10.0. The van der Waals surface area contributed by atoms with E-state index in [9.17, 15) is 24.0 Å². The molecule has 0 N–H and O–H groups in total. The Morgan fingerprint density at radius 3 is 2.00 bits per heavy atom. The highest BCUT2D eigenvalue weighted by Gasteiger charge is 2.46. The quantitative estimate of drug-likeness (QED) is 0.557. The zero-order chi connectivity index (χ0) is 23.1. The average molecular weight is 441 g/mol. The van der Waals surface area contributed by atoms with E-state index in [4.69, 9.17) is 4.84 Å². The minimum atomic E-state index is -1.41. The molecule has 0 saturated carbocycles. The summed E-state index contributed by atoms with van der Waals surface area (Å²) in [7, 11) is 0. The largest absolute Gasteiger partial charge is 0.356 e. The maximum atomic E-state index is 13.2. The summed E-state index contributed by atoms with van der Waals surface area (Å²) in [5.41, 5.74) is 0.836. The van der Waals surface area contributed by atoms with Crippen molar-refractivity contribution in [3.05, 3.63) is 101 Å². The lowest BCUT2D eigenvalue weighted by Gasteiger charge is -2.25. The van der Waals surface area contributed by atoms with Gasteiger partial charge < -0.3 is 4.84 Å². The molecule has 3 aromatic rings. The van der Waals surface area contributed by atoms with E-state index in [2.05, 4.69) is 4.98 Å². The number of pyridine rings is 1. The highest BCUT2D eigenvalue weighted by atomic mass is 16.7. The number of aromatic nitrogens is 1. The van der Waals surface area contributed by atoms with Gasteiger partial charge in [-0.25, -0.2) is 4.79 Å². The molecule has 33 heavy (non-hydrogen) atoms. The lowest BCUT2D eigenvalue weighted by Crippen LogP contribution is -2.49. The number of hydrogen-bond donors (Lipinski definition) is 0. The second kappa shape index (κ2) is 7.79. The average Bonchev–Trinajstić information content (AvgIpc) is 3.24. The van der Waals surface area contributed by atoms with Crippen LogP contribution in [0, 0.1) is 0 Å². The molecule has 0 spiro atoms. The predicted molar refractivity (Wildman–Crippen MR) is 112 cm³/mol. The number of hydroxylamine groups is 2. The Labute approximate surface area is 187 Å². The van der Waals surface area contributed by atoms with Crippen LogP contribution in [-0.2, 0) is 16.1 Å². The van der Waals surface area contributed by atoms with E-state index in [1.165, 1.54) is 30.5 Å². The molecule has 5 rings (SSSR count). The molecule has 1 unspecified atom stereocenters. The highest BCUT2D eigenvalue weighted by molar-refractivity contribution is 6.23. The molecule has 2 aliphatic rings. The maximum Gasteiger partial charge on any atom is 0.356 e. The van der Waals surface area contributed by atoms with Gasteiger partial charge in [-0.05, 0) is 29.8 Å². The van der Waals surface area contributed by atoms with E-state index < -0.39 is 35.6 Å². The minimum Gasteiger partial charge on any atom is -0.327 e. The molecule has 0 bridgehead atoms. The second-order valence-electron chi connectivity index (χ2n) is 7.45. The third-order valence-corrected chi connectivity index (χ3v) is 5.47. The molecule has 0 radical (unpaired) electrons. The van der Waals surface area contributed by atoms with Crippen LogP contribution in [0.15, 0.2) is 72.9 Å². The Balaban J connectivity index is 1.48. The third-order valence-electron chi connectivity index (χ3n) is 5.47. The van der Waals surface area contributed by atoms with Gasteiger partial charge in [0.2, 0.25) is 0 Å². The molecule has 9 nitrogen and oxygen atoms in total. The molecule has 2 aliphatic heterocycles. The van der Waals surface area contributed by atoms with Crippen LogP contribution in [0.1, 0.15) is 47.1 Å². The van der Waals surface area contributed by atoms with Crippen LogP contribution >= 0.6 is 0 Å². The summed E-state index contributed by atoms with van der Waals surface area (Å²) in [6.45, 7) is 0. The summed E-state index contributed by atoms with van der Waals surface area (Å²) < 4.78 is 0. The normalized spacial score (nSPS) is 15.5. The summed E-state index contributed by atoms with van der Waals surface area (Å²) in [5, 5.41) is 0.316. The van der Waals surface area contributed by atoms with Crippen LogP contribution in [0.4, 0.5) is 0 Å². The van der Waals surface area contributed by atoms with Crippen molar-refractivity contribution in [2.75, 3.05) is 0 Å². The van der Waals surface area contributed by atoms with E-state index in [0.717, 1.165) is 4.90 Å². The molecule has 162 valence electrons. The van der Waals surface area contributed by atoms with Crippen LogP contribution < -0.4 is 0 Å². The number of benzene rings is 2. The lowest BCUT2D eigenvalue weighted by atomic mass is 10.0. The van der Waals surface area contributed by atoms with Gasteiger partial charge in [-0.3, -0.25) is 29.1 Å². The van der Waals surface area contributed by atoms with Gasteiger partial charge >= 0.3 is 11.9 Å². The number of nitrogens with zero attached hydrogens (tertiary/aromatic N) is 3. The SMILES string of the molecule is O=C(ON1C(=O)c2cccnc2C1=O)C(Cc1ccccc1)N1C(=O)c2ccccc2C1=O. The van der Waals surface area contributed by atoms with Gasteiger partial charge in [-0.2, -0.15) is 0 Å². The fourth-order valence-electron chi connectivity index (χ4n) is 3.89. The second-order valence-corrected chi connectivity index (χ2v) is 7.45. The number of carbonyl (C=O) groups is 5. The predicted octanol–water partition coefficient (Wildman–Crippen LogP) is 2.04. The number of carbonyl (C=O) groups excluding carboxylic acids is 5. The summed E-state index contributed by atoms with van der Waals surface area (Å²) in [5.74, 6) is -4.15. The van der Waals surface area contributed by atoms with Crippen LogP contribution in [-0.4, -0.2) is 50.6 Å². The number of fused-ring (bicyclic) bond motifs is 2. The van der Waals surface area contributed by atoms with E-state index in [-0.39, 0.29) is 28.8 Å². The number of rotatable bonds is 5. The molecule has 2 aromatic carbocycles. The monoisotopic (exact) mass is 441 g/mol. The van der Waals surface area contributed by atoms with Crippen LogP contribution in [0.3, 0.4) is 0 Å². The molecular formula is C24H15N3O6. The van der Waals surface area contributed by atoms with Gasteiger partial charge in [0.05, 0.1) is 16.7 Å². The Morgan fingerprint density at radius 1 is 0.758 bits per heavy atom.